The number of hydrogen-bond acceptors (Lipinski definition) is 2. The van der Waals surface area contributed by atoms with Gasteiger partial charge in [0.1, 0.15) is 0 Å². The lowest BCUT2D eigenvalue weighted by molar-refractivity contribution is -0.101. The topological polar surface area (TPSA) is 44.0 Å². The zero-order valence-corrected chi connectivity index (χ0v) is 12.8. The third-order valence-electron chi connectivity index (χ3n) is 6.01. The molecule has 19 heavy (non-hydrogen) atoms. The van der Waals surface area contributed by atoms with E-state index in [1.807, 2.05) is 0 Å². The third-order valence-corrected chi connectivity index (χ3v) is 6.01. The molecule has 1 N–H and O–H groups in total. The molecule has 2 rings (SSSR count). The van der Waals surface area contributed by atoms with E-state index in [1.165, 1.54) is 6.42 Å². The van der Waals surface area contributed by atoms with Gasteiger partial charge in [-0.2, -0.15) is 5.26 Å². The van der Waals surface area contributed by atoms with Crippen molar-refractivity contribution in [1.82, 2.24) is 0 Å². The SMILES string of the molecule is CCC1CCC(C#N)(C2(O)CCCC(C(C)C)C2)C1. The molecule has 2 heteroatoms. The molecule has 0 aromatic carbocycles. The second-order valence-electron chi connectivity index (χ2n) is 7.34. The monoisotopic (exact) mass is 263 g/mol. The zero-order valence-electron chi connectivity index (χ0n) is 12.8. The van der Waals surface area contributed by atoms with E-state index >= 15 is 0 Å². The smallest absolute Gasteiger partial charge is 0.0863 e. The van der Waals surface area contributed by atoms with Crippen LogP contribution >= 0.6 is 0 Å². The molecule has 0 aromatic heterocycles. The lowest BCUT2D eigenvalue weighted by Gasteiger charge is -2.46. The van der Waals surface area contributed by atoms with Crippen LogP contribution in [0.3, 0.4) is 0 Å². The van der Waals surface area contributed by atoms with E-state index in [4.69, 9.17) is 0 Å². The van der Waals surface area contributed by atoms with Crippen LogP contribution in [0, 0.1) is 34.5 Å². The van der Waals surface area contributed by atoms with Crippen molar-refractivity contribution >= 4 is 0 Å². The normalized spacial score (nSPS) is 43.4. The van der Waals surface area contributed by atoms with Gasteiger partial charge in [0, 0.05) is 0 Å². The standard InChI is InChI=1S/C17H29NO/c1-4-14-7-9-16(10-14,12-18)17(19)8-5-6-15(11-17)13(2)3/h13-15,19H,4-11H2,1-3H3. The molecule has 2 fully saturated rings. The summed E-state index contributed by atoms with van der Waals surface area (Å²) >= 11 is 0. The van der Waals surface area contributed by atoms with Gasteiger partial charge in [-0.3, -0.25) is 0 Å². The summed E-state index contributed by atoms with van der Waals surface area (Å²) < 4.78 is 0. The fraction of sp³-hybridized carbons (Fsp3) is 0.941. The molecule has 0 aromatic rings. The van der Waals surface area contributed by atoms with Crippen molar-refractivity contribution in [3.63, 3.8) is 0 Å². The number of rotatable bonds is 3. The second-order valence-corrected chi connectivity index (χ2v) is 7.34. The Morgan fingerprint density at radius 3 is 2.53 bits per heavy atom. The van der Waals surface area contributed by atoms with Gasteiger partial charge in [-0.1, -0.05) is 33.6 Å². The maximum atomic E-state index is 11.2. The molecule has 108 valence electrons. The van der Waals surface area contributed by atoms with Gasteiger partial charge >= 0.3 is 0 Å². The van der Waals surface area contributed by atoms with Gasteiger partial charge in [0.2, 0.25) is 0 Å². The first-order chi connectivity index (χ1) is 8.96. The van der Waals surface area contributed by atoms with Crippen molar-refractivity contribution in [2.45, 2.75) is 77.7 Å². The van der Waals surface area contributed by atoms with Gasteiger partial charge in [0.05, 0.1) is 17.1 Å². The summed E-state index contributed by atoms with van der Waals surface area (Å²) in [5.74, 6) is 1.85. The first-order valence-corrected chi connectivity index (χ1v) is 8.10. The predicted molar refractivity (Wildman–Crippen MR) is 77.4 cm³/mol. The first kappa shape index (κ1) is 14.9. The molecule has 0 saturated heterocycles. The number of hydrogen-bond donors (Lipinski definition) is 1. The molecule has 0 bridgehead atoms. The summed E-state index contributed by atoms with van der Waals surface area (Å²) in [4.78, 5) is 0. The van der Waals surface area contributed by atoms with Gasteiger partial charge in [-0.15, -0.1) is 0 Å². The molecule has 0 amide bonds. The molecule has 2 saturated carbocycles. The lowest BCUT2D eigenvalue weighted by atomic mass is 9.60. The van der Waals surface area contributed by atoms with Gasteiger partial charge in [0.25, 0.3) is 0 Å². The number of nitrogens with zero attached hydrogens (tertiary/aromatic N) is 1. The molecule has 4 unspecified atom stereocenters. The van der Waals surface area contributed by atoms with E-state index in [0.717, 1.165) is 44.9 Å². The highest BCUT2D eigenvalue weighted by Gasteiger charge is 2.55. The number of aliphatic hydroxyl groups is 1. The highest BCUT2D eigenvalue weighted by atomic mass is 16.3. The minimum atomic E-state index is -0.723. The molecular formula is C17H29NO. The van der Waals surface area contributed by atoms with E-state index in [-0.39, 0.29) is 0 Å². The van der Waals surface area contributed by atoms with Gasteiger partial charge < -0.3 is 5.11 Å². The van der Waals surface area contributed by atoms with Crippen molar-refractivity contribution in [1.29, 1.82) is 5.26 Å². The van der Waals surface area contributed by atoms with E-state index < -0.39 is 11.0 Å². The maximum absolute atomic E-state index is 11.2. The Kier molecular flexibility index (Phi) is 4.26. The van der Waals surface area contributed by atoms with Crippen LogP contribution in [0.2, 0.25) is 0 Å². The van der Waals surface area contributed by atoms with Crippen LogP contribution in [0.4, 0.5) is 0 Å². The van der Waals surface area contributed by atoms with Crippen molar-refractivity contribution in [3.05, 3.63) is 0 Å². The molecule has 0 heterocycles. The van der Waals surface area contributed by atoms with Crippen molar-refractivity contribution in [2.24, 2.45) is 23.2 Å². The van der Waals surface area contributed by atoms with Crippen LogP contribution < -0.4 is 0 Å². The summed E-state index contributed by atoms with van der Waals surface area (Å²) in [6.45, 7) is 6.71. The molecule has 0 radical (unpaired) electrons. The van der Waals surface area contributed by atoms with Crippen molar-refractivity contribution < 1.29 is 5.11 Å². The van der Waals surface area contributed by atoms with Crippen LogP contribution in [0.15, 0.2) is 0 Å². The molecule has 2 aliphatic rings. The van der Waals surface area contributed by atoms with Gasteiger partial charge in [-0.25, -0.2) is 0 Å². The van der Waals surface area contributed by atoms with Crippen molar-refractivity contribution in [2.75, 3.05) is 0 Å². The summed E-state index contributed by atoms with van der Waals surface area (Å²) in [6, 6.07) is 2.56. The molecule has 0 spiro atoms. The molecule has 0 aliphatic heterocycles. The Balaban J connectivity index is 2.20. The van der Waals surface area contributed by atoms with Gasteiger partial charge in [0.15, 0.2) is 0 Å². The van der Waals surface area contributed by atoms with E-state index in [9.17, 15) is 10.4 Å². The van der Waals surface area contributed by atoms with Gasteiger partial charge in [-0.05, 0) is 56.3 Å². The van der Waals surface area contributed by atoms with Crippen LogP contribution in [-0.2, 0) is 0 Å². The van der Waals surface area contributed by atoms with Crippen molar-refractivity contribution in [3.8, 4) is 6.07 Å². The molecule has 2 nitrogen and oxygen atoms in total. The maximum Gasteiger partial charge on any atom is 0.0863 e. The summed E-state index contributed by atoms with van der Waals surface area (Å²) in [6.07, 6.45) is 8.07. The molecule has 4 atom stereocenters. The fourth-order valence-electron chi connectivity index (χ4n) is 4.42. The Hall–Kier alpha value is -0.550. The Labute approximate surface area is 118 Å². The second kappa shape index (κ2) is 5.44. The lowest BCUT2D eigenvalue weighted by Crippen LogP contribution is -2.50. The number of nitriles is 1. The average Bonchev–Trinajstić information content (AvgIpc) is 2.84. The molecular weight excluding hydrogens is 234 g/mol. The average molecular weight is 263 g/mol. The molecule has 2 aliphatic carbocycles. The Morgan fingerprint density at radius 1 is 1.26 bits per heavy atom. The van der Waals surface area contributed by atoms with Crippen LogP contribution in [-0.4, -0.2) is 10.7 Å². The fourth-order valence-corrected chi connectivity index (χ4v) is 4.42. The summed E-state index contributed by atoms with van der Waals surface area (Å²) in [5, 5.41) is 21.0. The quantitative estimate of drug-likeness (QED) is 0.825. The minimum Gasteiger partial charge on any atom is -0.388 e. The van der Waals surface area contributed by atoms with Crippen LogP contribution in [0.1, 0.15) is 72.1 Å². The Bertz CT molecular complexity index is 359. The Morgan fingerprint density at radius 2 is 2.00 bits per heavy atom. The largest absolute Gasteiger partial charge is 0.388 e. The van der Waals surface area contributed by atoms with Crippen LogP contribution in [0.5, 0.6) is 0 Å². The van der Waals surface area contributed by atoms with Crippen LogP contribution in [0.25, 0.3) is 0 Å². The third kappa shape index (κ3) is 2.55. The van der Waals surface area contributed by atoms with E-state index in [0.29, 0.717) is 17.8 Å². The van der Waals surface area contributed by atoms with E-state index in [1.54, 1.807) is 0 Å². The highest BCUT2D eigenvalue weighted by Crippen LogP contribution is 2.55. The summed E-state index contributed by atoms with van der Waals surface area (Å²) in [5.41, 5.74) is -1.18. The minimum absolute atomic E-state index is 0.457. The summed E-state index contributed by atoms with van der Waals surface area (Å²) in [7, 11) is 0. The first-order valence-electron chi connectivity index (χ1n) is 8.10. The van der Waals surface area contributed by atoms with E-state index in [2.05, 4.69) is 26.8 Å². The zero-order chi connectivity index (χ0) is 14.1. The highest BCUT2D eigenvalue weighted by molar-refractivity contribution is 5.16. The predicted octanol–water partition coefficient (Wildman–Crippen LogP) is 4.28.